The van der Waals surface area contributed by atoms with Crippen molar-refractivity contribution in [2.24, 2.45) is 5.84 Å². The molecule has 5 nitrogen and oxygen atoms in total. The highest BCUT2D eigenvalue weighted by atomic mass is 16.3. The Bertz CT molecular complexity index is 854. The normalized spacial score (nSPS) is 10.9. The predicted octanol–water partition coefficient (Wildman–Crippen LogP) is 2.24. The molecule has 23 heavy (non-hydrogen) atoms. The van der Waals surface area contributed by atoms with Crippen LogP contribution < -0.4 is 11.3 Å². The van der Waals surface area contributed by atoms with Crippen molar-refractivity contribution in [3.05, 3.63) is 65.4 Å². The molecule has 0 saturated carbocycles. The molecule has 1 amide bonds. The second-order valence-electron chi connectivity index (χ2n) is 5.58. The fraction of sp³-hybridized carbons (Fsp3) is 0.167. The van der Waals surface area contributed by atoms with Crippen LogP contribution >= 0.6 is 0 Å². The van der Waals surface area contributed by atoms with E-state index in [0.717, 1.165) is 22.2 Å². The summed E-state index contributed by atoms with van der Waals surface area (Å²) in [4.78, 5) is 11.7. The van der Waals surface area contributed by atoms with Crippen LogP contribution in [0, 0.1) is 6.92 Å². The first-order valence-electron chi connectivity index (χ1n) is 7.44. The lowest BCUT2D eigenvalue weighted by atomic mass is 10.1. The summed E-state index contributed by atoms with van der Waals surface area (Å²) in [5.74, 6) is 5.15. The molecular weight excluding hydrogens is 290 g/mol. The van der Waals surface area contributed by atoms with Crippen molar-refractivity contribution in [1.29, 1.82) is 0 Å². The number of nitrogens with two attached hydrogens (primary N) is 1. The molecule has 0 saturated heterocycles. The molecule has 1 aromatic heterocycles. The van der Waals surface area contributed by atoms with Crippen LogP contribution in [-0.2, 0) is 17.8 Å². The molecule has 0 unspecified atom stereocenters. The maximum Gasteiger partial charge on any atom is 0.238 e. The standard InChI is InChI=1S/C18H19N3O2/c1-12-15(10-18(23)20-19)16-9-14(22)7-8-17(16)21(12)11-13-5-3-2-4-6-13/h2-9,22H,10-11,19H2,1H3,(H,20,23). The Hall–Kier alpha value is -2.79. The molecular formula is C18H19N3O2. The van der Waals surface area contributed by atoms with E-state index >= 15 is 0 Å². The highest BCUT2D eigenvalue weighted by Gasteiger charge is 2.17. The fourth-order valence-corrected chi connectivity index (χ4v) is 2.94. The summed E-state index contributed by atoms with van der Waals surface area (Å²) >= 11 is 0. The number of nitrogens with one attached hydrogen (secondary N) is 1. The van der Waals surface area contributed by atoms with E-state index in [1.165, 1.54) is 5.56 Å². The molecule has 0 fully saturated rings. The van der Waals surface area contributed by atoms with Crippen molar-refractivity contribution in [3.63, 3.8) is 0 Å². The van der Waals surface area contributed by atoms with Crippen LogP contribution in [0.3, 0.4) is 0 Å². The molecule has 0 aliphatic carbocycles. The summed E-state index contributed by atoms with van der Waals surface area (Å²) in [5.41, 5.74) is 6.22. The van der Waals surface area contributed by atoms with E-state index in [4.69, 9.17) is 5.84 Å². The molecule has 0 aliphatic rings. The lowest BCUT2D eigenvalue weighted by Gasteiger charge is -2.09. The Kier molecular flexibility index (Phi) is 4.04. The molecule has 0 aliphatic heterocycles. The van der Waals surface area contributed by atoms with Crippen LogP contribution in [0.4, 0.5) is 0 Å². The summed E-state index contributed by atoms with van der Waals surface area (Å²) in [6.07, 6.45) is 0.185. The van der Waals surface area contributed by atoms with Gasteiger partial charge in [-0.2, -0.15) is 0 Å². The Morgan fingerprint density at radius 3 is 2.65 bits per heavy atom. The smallest absolute Gasteiger partial charge is 0.238 e. The number of hydrogen-bond acceptors (Lipinski definition) is 3. The van der Waals surface area contributed by atoms with Crippen LogP contribution in [0.2, 0.25) is 0 Å². The number of aromatic hydroxyl groups is 1. The van der Waals surface area contributed by atoms with Gasteiger partial charge in [-0.15, -0.1) is 0 Å². The summed E-state index contributed by atoms with van der Waals surface area (Å²) in [6, 6.07) is 15.4. The second kappa shape index (κ2) is 6.14. The highest BCUT2D eigenvalue weighted by Crippen LogP contribution is 2.30. The molecule has 3 aromatic rings. The lowest BCUT2D eigenvalue weighted by molar-refractivity contribution is -0.120. The zero-order valence-electron chi connectivity index (χ0n) is 12.9. The van der Waals surface area contributed by atoms with E-state index in [1.54, 1.807) is 12.1 Å². The van der Waals surface area contributed by atoms with E-state index in [-0.39, 0.29) is 18.1 Å². The average molecular weight is 309 g/mol. The van der Waals surface area contributed by atoms with E-state index in [0.29, 0.717) is 6.54 Å². The Balaban J connectivity index is 2.13. The zero-order valence-corrected chi connectivity index (χ0v) is 12.9. The first-order valence-corrected chi connectivity index (χ1v) is 7.44. The lowest BCUT2D eigenvalue weighted by Crippen LogP contribution is -2.31. The monoisotopic (exact) mass is 309 g/mol. The van der Waals surface area contributed by atoms with Crippen LogP contribution in [0.15, 0.2) is 48.5 Å². The van der Waals surface area contributed by atoms with E-state index in [1.807, 2.05) is 31.2 Å². The Morgan fingerprint density at radius 2 is 1.96 bits per heavy atom. The molecule has 0 atom stereocenters. The largest absolute Gasteiger partial charge is 0.508 e. The molecule has 0 spiro atoms. The molecule has 0 bridgehead atoms. The molecule has 0 radical (unpaired) electrons. The summed E-state index contributed by atoms with van der Waals surface area (Å²) in [5, 5.41) is 10.7. The van der Waals surface area contributed by atoms with Gasteiger partial charge in [-0.25, -0.2) is 5.84 Å². The molecule has 2 aromatic carbocycles. The summed E-state index contributed by atoms with van der Waals surface area (Å²) < 4.78 is 2.16. The van der Waals surface area contributed by atoms with Gasteiger partial charge in [-0.1, -0.05) is 30.3 Å². The van der Waals surface area contributed by atoms with Crippen molar-refractivity contribution in [2.45, 2.75) is 19.9 Å². The van der Waals surface area contributed by atoms with E-state index in [2.05, 4.69) is 22.1 Å². The van der Waals surface area contributed by atoms with Gasteiger partial charge in [0, 0.05) is 23.1 Å². The maximum atomic E-state index is 11.7. The number of phenolic OH excluding ortho intramolecular Hbond substituents is 1. The van der Waals surface area contributed by atoms with Crippen molar-refractivity contribution in [1.82, 2.24) is 9.99 Å². The number of carbonyl (C=O) groups is 1. The third-order valence-electron chi connectivity index (χ3n) is 4.12. The highest BCUT2D eigenvalue weighted by molar-refractivity contribution is 5.91. The van der Waals surface area contributed by atoms with Crippen molar-refractivity contribution in [2.75, 3.05) is 0 Å². The van der Waals surface area contributed by atoms with Crippen LogP contribution in [0.1, 0.15) is 16.8 Å². The van der Waals surface area contributed by atoms with Gasteiger partial charge in [0.25, 0.3) is 0 Å². The first-order chi connectivity index (χ1) is 11.1. The molecule has 4 N–H and O–H groups in total. The number of phenols is 1. The predicted molar refractivity (Wildman–Crippen MR) is 89.9 cm³/mol. The first kappa shape index (κ1) is 15.1. The Morgan fingerprint density at radius 1 is 1.22 bits per heavy atom. The molecule has 3 rings (SSSR count). The van der Waals surface area contributed by atoms with Gasteiger partial charge < -0.3 is 9.67 Å². The third kappa shape index (κ3) is 2.91. The number of rotatable bonds is 4. The van der Waals surface area contributed by atoms with E-state index < -0.39 is 0 Å². The molecule has 5 heteroatoms. The van der Waals surface area contributed by atoms with E-state index in [9.17, 15) is 9.90 Å². The van der Waals surface area contributed by atoms with Gasteiger partial charge in [0.15, 0.2) is 0 Å². The second-order valence-corrected chi connectivity index (χ2v) is 5.58. The average Bonchev–Trinajstić information content (AvgIpc) is 2.81. The van der Waals surface area contributed by atoms with Crippen molar-refractivity contribution in [3.8, 4) is 5.75 Å². The molecule has 1 heterocycles. The van der Waals surface area contributed by atoms with Crippen LogP contribution in [0.25, 0.3) is 10.9 Å². The third-order valence-corrected chi connectivity index (χ3v) is 4.12. The van der Waals surface area contributed by atoms with Crippen LogP contribution in [-0.4, -0.2) is 15.6 Å². The minimum Gasteiger partial charge on any atom is -0.508 e. The summed E-state index contributed by atoms with van der Waals surface area (Å²) in [6.45, 7) is 2.69. The number of carbonyl (C=O) groups excluding carboxylic acids is 1. The zero-order chi connectivity index (χ0) is 16.4. The van der Waals surface area contributed by atoms with Gasteiger partial charge in [-0.3, -0.25) is 10.2 Å². The van der Waals surface area contributed by atoms with Gasteiger partial charge in [0.05, 0.1) is 6.42 Å². The van der Waals surface area contributed by atoms with Gasteiger partial charge >= 0.3 is 0 Å². The fourth-order valence-electron chi connectivity index (χ4n) is 2.94. The Labute approximate surface area is 134 Å². The number of nitrogens with zero attached hydrogens (tertiary/aromatic N) is 1. The topological polar surface area (TPSA) is 80.3 Å². The number of hydrazine groups is 1. The maximum absolute atomic E-state index is 11.7. The number of benzene rings is 2. The van der Waals surface area contributed by atoms with Gasteiger partial charge in [0.2, 0.25) is 5.91 Å². The number of fused-ring (bicyclic) bond motifs is 1. The quantitative estimate of drug-likeness (QED) is 0.393. The van der Waals surface area contributed by atoms with Crippen LogP contribution in [0.5, 0.6) is 5.75 Å². The van der Waals surface area contributed by atoms with Crippen molar-refractivity contribution < 1.29 is 9.90 Å². The SMILES string of the molecule is Cc1c(CC(=O)NN)c2cc(O)ccc2n1Cc1ccccc1. The molecule has 118 valence electrons. The number of amides is 1. The van der Waals surface area contributed by atoms with Gasteiger partial charge in [0.1, 0.15) is 5.75 Å². The number of hydrogen-bond donors (Lipinski definition) is 3. The number of aromatic nitrogens is 1. The minimum atomic E-state index is -0.254. The minimum absolute atomic E-state index is 0.184. The van der Waals surface area contributed by atoms with Gasteiger partial charge in [-0.05, 0) is 36.2 Å². The summed E-state index contributed by atoms with van der Waals surface area (Å²) in [7, 11) is 0. The van der Waals surface area contributed by atoms with Crippen molar-refractivity contribution >= 4 is 16.8 Å².